The van der Waals surface area contributed by atoms with Gasteiger partial charge in [-0.05, 0) is 61.7 Å². The monoisotopic (exact) mass is 374 g/mol. The summed E-state index contributed by atoms with van der Waals surface area (Å²) in [6, 6.07) is 10.3. The summed E-state index contributed by atoms with van der Waals surface area (Å²) in [5.41, 5.74) is 2.98. The number of anilines is 2. The molecule has 1 amide bonds. The molecule has 1 heterocycles. The fourth-order valence-corrected chi connectivity index (χ4v) is 4.44. The average Bonchev–Trinajstić information content (AvgIpc) is 2.99. The minimum Gasteiger partial charge on any atom is -0.495 e. The van der Waals surface area contributed by atoms with Gasteiger partial charge >= 0.3 is 0 Å². The number of ether oxygens (including phenoxy) is 1. The first-order valence-corrected chi connectivity index (χ1v) is 9.88. The summed E-state index contributed by atoms with van der Waals surface area (Å²) in [7, 11) is -2.45. The smallest absolute Gasteiger partial charge is 0.265 e. The summed E-state index contributed by atoms with van der Waals surface area (Å²) < 4.78 is 33.8. The molecule has 0 bridgehead atoms. The number of rotatable bonds is 5. The highest BCUT2D eigenvalue weighted by Crippen LogP contribution is 2.32. The molecule has 26 heavy (non-hydrogen) atoms. The van der Waals surface area contributed by atoms with Crippen molar-refractivity contribution in [1.82, 2.24) is 0 Å². The third-order valence-corrected chi connectivity index (χ3v) is 5.70. The van der Waals surface area contributed by atoms with Gasteiger partial charge in [0, 0.05) is 24.3 Å². The van der Waals surface area contributed by atoms with Crippen LogP contribution >= 0.6 is 0 Å². The standard InChI is InChI=1S/C19H22N2O4S/c1-13-9-14(2)11-15(10-13)20-26(23,24)18-12-16(6-7-17(18)25-3)21-8-4-5-19(21)22/h6-7,9-12,20H,4-5,8H2,1-3H3. The van der Waals surface area contributed by atoms with E-state index in [2.05, 4.69) is 4.72 Å². The predicted molar refractivity (Wildman–Crippen MR) is 101 cm³/mol. The number of amides is 1. The Morgan fingerprint density at radius 3 is 2.35 bits per heavy atom. The number of nitrogens with one attached hydrogen (secondary N) is 1. The molecule has 1 N–H and O–H groups in total. The molecule has 0 aromatic heterocycles. The van der Waals surface area contributed by atoms with E-state index >= 15 is 0 Å². The molecule has 1 aliphatic rings. The predicted octanol–water partition coefficient (Wildman–Crippen LogP) is 3.24. The van der Waals surface area contributed by atoms with Crippen molar-refractivity contribution >= 4 is 27.3 Å². The average molecular weight is 374 g/mol. The normalized spacial score (nSPS) is 14.6. The lowest BCUT2D eigenvalue weighted by Gasteiger charge is -2.19. The van der Waals surface area contributed by atoms with Gasteiger partial charge in [0.2, 0.25) is 5.91 Å². The lowest BCUT2D eigenvalue weighted by Crippen LogP contribution is -2.24. The highest BCUT2D eigenvalue weighted by atomic mass is 32.2. The van der Waals surface area contributed by atoms with Gasteiger partial charge in [0.25, 0.3) is 10.0 Å². The summed E-state index contributed by atoms with van der Waals surface area (Å²) in [6.07, 6.45) is 1.25. The molecule has 0 saturated carbocycles. The molecular weight excluding hydrogens is 352 g/mol. The van der Waals surface area contributed by atoms with Crippen LogP contribution < -0.4 is 14.4 Å². The minimum atomic E-state index is -3.87. The Balaban J connectivity index is 2.01. The van der Waals surface area contributed by atoms with E-state index in [1.54, 1.807) is 29.2 Å². The van der Waals surface area contributed by atoms with Gasteiger partial charge in [0.1, 0.15) is 10.6 Å². The maximum atomic E-state index is 13.0. The van der Waals surface area contributed by atoms with Crippen molar-refractivity contribution in [3.05, 3.63) is 47.5 Å². The van der Waals surface area contributed by atoms with Crippen LogP contribution in [0.4, 0.5) is 11.4 Å². The molecular formula is C19H22N2O4S. The van der Waals surface area contributed by atoms with Crippen LogP contribution in [0.25, 0.3) is 0 Å². The van der Waals surface area contributed by atoms with Crippen LogP contribution in [0.5, 0.6) is 5.75 Å². The first kappa shape index (κ1) is 18.3. The maximum Gasteiger partial charge on any atom is 0.265 e. The zero-order chi connectivity index (χ0) is 18.9. The number of carbonyl (C=O) groups excluding carboxylic acids is 1. The van der Waals surface area contributed by atoms with Crippen molar-refractivity contribution in [2.24, 2.45) is 0 Å². The van der Waals surface area contributed by atoms with Crippen molar-refractivity contribution in [3.8, 4) is 5.75 Å². The molecule has 3 rings (SSSR count). The zero-order valence-electron chi connectivity index (χ0n) is 15.1. The molecule has 1 aliphatic heterocycles. The van der Waals surface area contributed by atoms with Crippen LogP contribution in [0.1, 0.15) is 24.0 Å². The van der Waals surface area contributed by atoms with Gasteiger partial charge < -0.3 is 9.64 Å². The van der Waals surface area contributed by atoms with Crippen LogP contribution in [-0.2, 0) is 14.8 Å². The van der Waals surface area contributed by atoms with Crippen molar-refractivity contribution in [3.63, 3.8) is 0 Å². The number of hydrogen-bond donors (Lipinski definition) is 1. The fourth-order valence-electron chi connectivity index (χ4n) is 3.21. The minimum absolute atomic E-state index is 0.000725. The Labute approximate surface area is 153 Å². The number of benzene rings is 2. The molecule has 138 valence electrons. The summed E-state index contributed by atoms with van der Waals surface area (Å²) in [5.74, 6) is 0.234. The van der Waals surface area contributed by atoms with E-state index in [4.69, 9.17) is 4.74 Å². The third kappa shape index (κ3) is 3.67. The van der Waals surface area contributed by atoms with Gasteiger partial charge in [-0.2, -0.15) is 0 Å². The van der Waals surface area contributed by atoms with E-state index in [1.165, 1.54) is 13.2 Å². The molecule has 6 nitrogen and oxygen atoms in total. The Hall–Kier alpha value is -2.54. The Morgan fingerprint density at radius 2 is 1.77 bits per heavy atom. The van der Waals surface area contributed by atoms with Gasteiger partial charge in [-0.15, -0.1) is 0 Å². The number of methoxy groups -OCH3 is 1. The molecule has 1 fully saturated rings. The van der Waals surface area contributed by atoms with Gasteiger partial charge in [0.15, 0.2) is 0 Å². The number of nitrogens with zero attached hydrogens (tertiary/aromatic N) is 1. The summed E-state index contributed by atoms with van der Waals surface area (Å²) in [4.78, 5) is 13.6. The Morgan fingerprint density at radius 1 is 1.08 bits per heavy atom. The van der Waals surface area contributed by atoms with Crippen molar-refractivity contribution in [2.45, 2.75) is 31.6 Å². The second kappa shape index (κ2) is 6.99. The van der Waals surface area contributed by atoms with Crippen LogP contribution in [-0.4, -0.2) is 28.0 Å². The number of sulfonamides is 1. The summed E-state index contributed by atoms with van der Waals surface area (Å²) in [5, 5.41) is 0. The first-order valence-electron chi connectivity index (χ1n) is 8.40. The van der Waals surface area contributed by atoms with Crippen molar-refractivity contribution < 1.29 is 17.9 Å². The first-order chi connectivity index (χ1) is 12.3. The second-order valence-electron chi connectivity index (χ2n) is 6.47. The summed E-state index contributed by atoms with van der Waals surface area (Å²) in [6.45, 7) is 4.41. The third-order valence-electron chi connectivity index (χ3n) is 4.30. The van der Waals surface area contributed by atoms with Crippen LogP contribution in [0.15, 0.2) is 41.3 Å². The lowest BCUT2D eigenvalue weighted by atomic mass is 10.1. The SMILES string of the molecule is COc1ccc(N2CCCC2=O)cc1S(=O)(=O)Nc1cc(C)cc(C)c1. The van der Waals surface area contributed by atoms with Gasteiger partial charge in [-0.1, -0.05) is 6.07 Å². The fraction of sp³-hybridized carbons (Fsp3) is 0.316. The van der Waals surface area contributed by atoms with E-state index in [1.807, 2.05) is 19.9 Å². The van der Waals surface area contributed by atoms with Gasteiger partial charge in [-0.25, -0.2) is 8.42 Å². The maximum absolute atomic E-state index is 13.0. The van der Waals surface area contributed by atoms with Crippen molar-refractivity contribution in [2.75, 3.05) is 23.3 Å². The van der Waals surface area contributed by atoms with E-state index in [0.29, 0.717) is 24.3 Å². The van der Waals surface area contributed by atoms with E-state index < -0.39 is 10.0 Å². The highest BCUT2D eigenvalue weighted by molar-refractivity contribution is 7.92. The quantitative estimate of drug-likeness (QED) is 0.872. The molecule has 0 spiro atoms. The Bertz CT molecular complexity index is 934. The number of aryl methyl sites for hydroxylation is 2. The van der Waals surface area contributed by atoms with Gasteiger partial charge in [-0.3, -0.25) is 9.52 Å². The van der Waals surface area contributed by atoms with Gasteiger partial charge in [0.05, 0.1) is 7.11 Å². The topological polar surface area (TPSA) is 75.7 Å². The lowest BCUT2D eigenvalue weighted by molar-refractivity contribution is -0.117. The molecule has 0 aliphatic carbocycles. The highest BCUT2D eigenvalue weighted by Gasteiger charge is 2.26. The van der Waals surface area contributed by atoms with E-state index in [9.17, 15) is 13.2 Å². The molecule has 7 heteroatoms. The van der Waals surface area contributed by atoms with E-state index in [0.717, 1.165) is 17.5 Å². The van der Waals surface area contributed by atoms with Crippen molar-refractivity contribution in [1.29, 1.82) is 0 Å². The zero-order valence-corrected chi connectivity index (χ0v) is 15.9. The number of hydrogen-bond acceptors (Lipinski definition) is 4. The van der Waals surface area contributed by atoms with Crippen LogP contribution in [0, 0.1) is 13.8 Å². The number of carbonyl (C=O) groups is 1. The van der Waals surface area contributed by atoms with Crippen LogP contribution in [0.2, 0.25) is 0 Å². The Kier molecular flexibility index (Phi) is 4.91. The molecule has 0 radical (unpaired) electrons. The second-order valence-corrected chi connectivity index (χ2v) is 8.12. The molecule has 0 atom stereocenters. The summed E-state index contributed by atoms with van der Waals surface area (Å²) >= 11 is 0. The molecule has 1 saturated heterocycles. The van der Waals surface area contributed by atoms with E-state index in [-0.39, 0.29) is 16.6 Å². The van der Waals surface area contributed by atoms with Crippen LogP contribution in [0.3, 0.4) is 0 Å². The molecule has 0 unspecified atom stereocenters. The molecule has 2 aromatic carbocycles. The molecule has 2 aromatic rings. The largest absolute Gasteiger partial charge is 0.495 e.